The normalized spacial score (nSPS) is 11.4. The van der Waals surface area contributed by atoms with Crippen LogP contribution < -0.4 is 21.5 Å². The summed E-state index contributed by atoms with van der Waals surface area (Å²) >= 11 is 0. The Morgan fingerprint density at radius 1 is 0.649 bits per heavy atom. The highest BCUT2D eigenvalue weighted by Crippen LogP contribution is 2.29. The summed E-state index contributed by atoms with van der Waals surface area (Å²) < 4.78 is 7.38. The lowest BCUT2D eigenvalue weighted by molar-refractivity contribution is -0.663. The van der Waals surface area contributed by atoms with Crippen molar-refractivity contribution in [3.63, 3.8) is 0 Å². The van der Waals surface area contributed by atoms with Crippen LogP contribution in [0.1, 0.15) is 35.1 Å². The molecule has 0 fully saturated rings. The number of fused-ring (bicyclic) bond motifs is 4. The van der Waals surface area contributed by atoms with Crippen molar-refractivity contribution in [2.75, 3.05) is 0 Å². The van der Waals surface area contributed by atoms with Crippen LogP contribution in [0.4, 0.5) is 0 Å². The van der Waals surface area contributed by atoms with Crippen LogP contribution in [-0.4, -0.2) is 9.13 Å². The van der Waals surface area contributed by atoms with Crippen LogP contribution in [0.3, 0.4) is 0 Å². The zero-order valence-electron chi connectivity index (χ0n) is 21.9. The third kappa shape index (κ3) is 4.83. The first-order valence-electron chi connectivity index (χ1n) is 13.1. The van der Waals surface area contributed by atoms with Crippen molar-refractivity contribution >= 4 is 32.8 Å². The number of halogens is 1. The first kappa shape index (κ1) is 25.3. The van der Waals surface area contributed by atoms with E-state index in [1.807, 2.05) is 0 Å². The van der Waals surface area contributed by atoms with Crippen molar-refractivity contribution in [1.29, 1.82) is 0 Å². The number of benzene rings is 4. The number of para-hydroxylation sites is 2. The van der Waals surface area contributed by atoms with E-state index >= 15 is 0 Å². The van der Waals surface area contributed by atoms with Gasteiger partial charge in [-0.2, -0.15) is 0 Å². The summed E-state index contributed by atoms with van der Waals surface area (Å²) in [7, 11) is 0. The summed E-state index contributed by atoms with van der Waals surface area (Å²) in [5.41, 5.74) is 10.7. The van der Waals surface area contributed by atoms with E-state index in [0.29, 0.717) is 0 Å². The summed E-state index contributed by atoms with van der Waals surface area (Å²) in [5, 5.41) is 2.71. The van der Waals surface area contributed by atoms with Gasteiger partial charge in [0.15, 0.2) is 11.0 Å². The molecule has 0 amide bonds. The first-order chi connectivity index (χ1) is 17.6. The summed E-state index contributed by atoms with van der Waals surface area (Å²) in [6.45, 7) is 9.54. The van der Waals surface area contributed by atoms with Crippen molar-refractivity contribution in [3.8, 4) is 0 Å². The van der Waals surface area contributed by atoms with E-state index in [9.17, 15) is 0 Å². The van der Waals surface area contributed by atoms with Gasteiger partial charge >= 0.3 is 0 Å². The maximum Gasteiger partial charge on any atom is 0.245 e. The Bertz CT molecular complexity index is 1640. The lowest BCUT2D eigenvalue weighted by atomic mass is 10.1. The number of aromatic nitrogens is 3. The monoisotopic (exact) mass is 551 g/mol. The van der Waals surface area contributed by atoms with Crippen LogP contribution in [0.2, 0.25) is 0 Å². The number of imidazole rings is 1. The molecule has 0 spiro atoms. The average molecular weight is 553 g/mol. The third-order valence-corrected chi connectivity index (χ3v) is 7.67. The summed E-state index contributed by atoms with van der Waals surface area (Å²) in [5.74, 6) is 0. The molecule has 0 aliphatic rings. The molecule has 2 aromatic heterocycles. The first-order valence-corrected chi connectivity index (χ1v) is 13.1. The predicted molar refractivity (Wildman–Crippen MR) is 151 cm³/mol. The summed E-state index contributed by atoms with van der Waals surface area (Å²) in [6.07, 6.45) is 4.61. The number of aryl methyl sites for hydroxylation is 5. The maximum absolute atomic E-state index is 2.50. The van der Waals surface area contributed by atoms with Gasteiger partial charge in [0.1, 0.15) is 6.54 Å². The molecule has 0 aliphatic heterocycles. The van der Waals surface area contributed by atoms with Crippen LogP contribution in [0, 0.1) is 20.8 Å². The zero-order valence-corrected chi connectivity index (χ0v) is 23.5. The Balaban J connectivity index is 0.00000280. The molecule has 0 N–H and O–H groups in total. The topological polar surface area (TPSA) is 13.7 Å². The second-order valence-corrected chi connectivity index (χ2v) is 10.2. The van der Waals surface area contributed by atoms with Crippen LogP contribution in [0.15, 0.2) is 91.3 Å². The van der Waals surface area contributed by atoms with Gasteiger partial charge in [0.2, 0.25) is 6.33 Å². The molecular formula is C33H34BrN3. The Morgan fingerprint density at radius 3 is 1.92 bits per heavy atom. The van der Waals surface area contributed by atoms with Gasteiger partial charge in [-0.1, -0.05) is 66.2 Å². The molecule has 4 heteroatoms. The molecule has 0 saturated heterocycles. The highest BCUT2D eigenvalue weighted by atomic mass is 79.9. The van der Waals surface area contributed by atoms with E-state index in [-0.39, 0.29) is 17.0 Å². The number of nitrogens with zero attached hydrogens (tertiary/aromatic N) is 3. The van der Waals surface area contributed by atoms with E-state index in [4.69, 9.17) is 0 Å². The highest BCUT2D eigenvalue weighted by molar-refractivity contribution is 6.07. The maximum atomic E-state index is 2.50. The number of unbranched alkanes of at least 4 members (excludes halogenated alkanes) is 1. The average Bonchev–Trinajstić information content (AvgIpc) is 3.38. The largest absolute Gasteiger partial charge is 1.00 e. The summed E-state index contributed by atoms with van der Waals surface area (Å²) in [4.78, 5) is 0. The standard InChI is InChI=1S/C33H34N3.BrH/c1-24-14-16-27(17-15-24)22-35-23-34(32-20-25(2)26(3)21-33(32)35)18-8-9-19-36-30-12-6-4-10-28(30)29-11-5-7-13-31(29)36;/h4-7,10-17,20-21,23H,8-9,18-19,22H2,1-3H3;1H/q+1;/p-1. The predicted octanol–water partition coefficient (Wildman–Crippen LogP) is 4.49. The molecule has 37 heavy (non-hydrogen) atoms. The number of hydrogen-bond donors (Lipinski definition) is 0. The lowest BCUT2D eigenvalue weighted by Crippen LogP contribution is -3.00. The molecule has 4 aromatic carbocycles. The van der Waals surface area contributed by atoms with Crippen molar-refractivity contribution in [2.24, 2.45) is 0 Å². The van der Waals surface area contributed by atoms with Gasteiger partial charge in [-0.05, 0) is 74.6 Å². The Morgan fingerprint density at radius 2 is 1.24 bits per heavy atom. The van der Waals surface area contributed by atoms with Gasteiger partial charge in [0, 0.05) is 28.4 Å². The number of hydrogen-bond acceptors (Lipinski definition) is 0. The molecule has 3 nitrogen and oxygen atoms in total. The van der Waals surface area contributed by atoms with Gasteiger partial charge in [-0.25, -0.2) is 9.13 Å². The third-order valence-electron chi connectivity index (χ3n) is 7.67. The van der Waals surface area contributed by atoms with Gasteiger partial charge in [-0.15, -0.1) is 0 Å². The lowest BCUT2D eigenvalue weighted by Gasteiger charge is -2.07. The highest BCUT2D eigenvalue weighted by Gasteiger charge is 2.17. The fourth-order valence-corrected chi connectivity index (χ4v) is 5.53. The van der Waals surface area contributed by atoms with Gasteiger partial charge in [-0.3, -0.25) is 0 Å². The molecule has 0 aliphatic carbocycles. The summed E-state index contributed by atoms with van der Waals surface area (Å²) in [6, 6.07) is 31.2. The molecule has 188 valence electrons. The van der Waals surface area contributed by atoms with Crippen molar-refractivity contribution in [1.82, 2.24) is 9.13 Å². The minimum absolute atomic E-state index is 0. The van der Waals surface area contributed by atoms with E-state index in [2.05, 4.69) is 126 Å². The minimum atomic E-state index is 0. The fourth-order valence-electron chi connectivity index (χ4n) is 5.53. The van der Waals surface area contributed by atoms with E-state index in [1.54, 1.807) is 0 Å². The molecule has 0 unspecified atom stereocenters. The smallest absolute Gasteiger partial charge is 0.245 e. The van der Waals surface area contributed by atoms with Crippen LogP contribution in [-0.2, 0) is 19.6 Å². The minimum Gasteiger partial charge on any atom is -1.00 e. The quantitative estimate of drug-likeness (QED) is 0.205. The van der Waals surface area contributed by atoms with Crippen LogP contribution in [0.5, 0.6) is 0 Å². The van der Waals surface area contributed by atoms with Gasteiger partial charge in [0.25, 0.3) is 0 Å². The van der Waals surface area contributed by atoms with E-state index in [0.717, 1.165) is 32.5 Å². The fraction of sp³-hybridized carbons (Fsp3) is 0.242. The molecular weight excluding hydrogens is 518 g/mol. The second kappa shape index (κ2) is 10.5. The van der Waals surface area contributed by atoms with E-state index < -0.39 is 0 Å². The van der Waals surface area contributed by atoms with Crippen molar-refractivity contribution in [3.05, 3.63) is 114 Å². The Hall–Kier alpha value is -3.37. The molecule has 6 rings (SSSR count). The van der Waals surface area contributed by atoms with Crippen LogP contribution in [0.25, 0.3) is 32.8 Å². The van der Waals surface area contributed by atoms with Crippen LogP contribution >= 0.6 is 0 Å². The molecule has 2 heterocycles. The molecule has 0 atom stereocenters. The molecule has 6 aromatic rings. The number of rotatable bonds is 7. The molecule has 0 saturated carbocycles. The second-order valence-electron chi connectivity index (χ2n) is 10.2. The Kier molecular flexibility index (Phi) is 7.21. The molecule has 0 radical (unpaired) electrons. The Labute approximate surface area is 229 Å². The molecule has 0 bridgehead atoms. The zero-order chi connectivity index (χ0) is 24.6. The van der Waals surface area contributed by atoms with E-state index in [1.165, 1.54) is 55.1 Å². The SMILES string of the molecule is Cc1ccc(C[n+]2cn(CCCCn3c4ccccc4c4ccccc43)c3cc(C)c(C)cc32)cc1.[Br-]. The van der Waals surface area contributed by atoms with Crippen molar-refractivity contribution in [2.45, 2.75) is 53.2 Å². The van der Waals surface area contributed by atoms with Crippen molar-refractivity contribution < 1.29 is 21.5 Å². The van der Waals surface area contributed by atoms with Gasteiger partial charge < -0.3 is 21.5 Å². The van der Waals surface area contributed by atoms with Gasteiger partial charge in [0.05, 0.1) is 6.54 Å².